The van der Waals surface area contributed by atoms with Gasteiger partial charge in [-0.2, -0.15) is 0 Å². The molecule has 0 radical (unpaired) electrons. The van der Waals surface area contributed by atoms with Crippen molar-refractivity contribution in [1.29, 1.82) is 0 Å². The zero-order valence-corrected chi connectivity index (χ0v) is 11.8. The number of aryl methyl sites for hydroxylation is 1. The summed E-state index contributed by atoms with van der Waals surface area (Å²) >= 11 is 9.38. The molecule has 17 heavy (non-hydrogen) atoms. The van der Waals surface area contributed by atoms with Gasteiger partial charge in [-0.25, -0.2) is 0 Å². The number of para-hydroxylation sites is 1. The fraction of sp³-hybridized carbons (Fsp3) is 0.143. The van der Waals surface area contributed by atoms with Gasteiger partial charge in [-0.1, -0.05) is 52.7 Å². The molecule has 2 rings (SSSR count). The zero-order chi connectivity index (χ0) is 12.3. The maximum absolute atomic E-state index is 5.98. The van der Waals surface area contributed by atoms with E-state index in [1.54, 1.807) is 6.07 Å². The summed E-state index contributed by atoms with van der Waals surface area (Å²) in [5.74, 6) is 1.62. The Labute approximate surface area is 115 Å². The lowest BCUT2D eigenvalue weighted by Gasteiger charge is -2.10. The van der Waals surface area contributed by atoms with E-state index in [4.69, 9.17) is 16.3 Å². The molecule has 3 heteroatoms. The van der Waals surface area contributed by atoms with Crippen molar-refractivity contribution in [2.75, 3.05) is 0 Å². The average molecular weight is 312 g/mol. The van der Waals surface area contributed by atoms with Crippen LogP contribution in [0.4, 0.5) is 0 Å². The van der Waals surface area contributed by atoms with Crippen LogP contribution in [-0.2, 0) is 6.42 Å². The van der Waals surface area contributed by atoms with Crippen molar-refractivity contribution in [2.45, 2.75) is 13.3 Å². The fourth-order valence-electron chi connectivity index (χ4n) is 1.61. The first-order valence-electron chi connectivity index (χ1n) is 5.41. The maximum Gasteiger partial charge on any atom is 0.130 e. The summed E-state index contributed by atoms with van der Waals surface area (Å²) in [5, 5.41) is 0.656. The van der Waals surface area contributed by atoms with Gasteiger partial charge in [-0.15, -0.1) is 0 Å². The van der Waals surface area contributed by atoms with E-state index < -0.39 is 0 Å². The van der Waals surface area contributed by atoms with E-state index in [0.717, 1.165) is 22.4 Å². The lowest BCUT2D eigenvalue weighted by molar-refractivity contribution is 0.476. The standard InChI is InChI=1S/C14H12BrClO/c1-2-10-5-3-4-6-14(10)17-13-8-11(15)7-12(16)9-13/h3-9H,2H2,1H3. The van der Waals surface area contributed by atoms with Crippen molar-refractivity contribution in [3.05, 3.63) is 57.5 Å². The number of hydrogen-bond acceptors (Lipinski definition) is 1. The van der Waals surface area contributed by atoms with E-state index in [1.165, 1.54) is 5.56 Å². The predicted octanol–water partition coefficient (Wildman–Crippen LogP) is 5.46. The van der Waals surface area contributed by atoms with Crippen LogP contribution in [0.5, 0.6) is 11.5 Å². The summed E-state index contributed by atoms with van der Waals surface area (Å²) in [6.45, 7) is 2.11. The molecule has 0 bridgehead atoms. The molecule has 1 nitrogen and oxygen atoms in total. The minimum absolute atomic E-state index is 0.656. The van der Waals surface area contributed by atoms with Gasteiger partial charge < -0.3 is 4.74 Å². The molecule has 0 saturated heterocycles. The fourth-order valence-corrected chi connectivity index (χ4v) is 2.44. The molecule has 0 fully saturated rings. The van der Waals surface area contributed by atoms with Crippen LogP contribution in [0.25, 0.3) is 0 Å². The third kappa shape index (κ3) is 3.24. The summed E-state index contributed by atoms with van der Waals surface area (Å²) in [6.07, 6.45) is 0.942. The Morgan fingerprint density at radius 1 is 1.18 bits per heavy atom. The van der Waals surface area contributed by atoms with E-state index in [0.29, 0.717) is 5.02 Å². The van der Waals surface area contributed by atoms with Crippen LogP contribution in [0.3, 0.4) is 0 Å². The predicted molar refractivity (Wildman–Crippen MR) is 75.0 cm³/mol. The number of hydrogen-bond donors (Lipinski definition) is 0. The lowest BCUT2D eigenvalue weighted by Crippen LogP contribution is -1.90. The Bertz CT molecular complexity index is 505. The summed E-state index contributed by atoms with van der Waals surface area (Å²) in [5.41, 5.74) is 1.18. The highest BCUT2D eigenvalue weighted by atomic mass is 79.9. The van der Waals surface area contributed by atoms with Crippen molar-refractivity contribution >= 4 is 27.5 Å². The van der Waals surface area contributed by atoms with Crippen LogP contribution in [0.15, 0.2) is 46.9 Å². The molecule has 0 atom stereocenters. The second-order valence-electron chi connectivity index (χ2n) is 3.67. The highest BCUT2D eigenvalue weighted by molar-refractivity contribution is 9.10. The zero-order valence-electron chi connectivity index (χ0n) is 9.41. The first-order valence-corrected chi connectivity index (χ1v) is 6.58. The van der Waals surface area contributed by atoms with E-state index in [-0.39, 0.29) is 0 Å². The quantitative estimate of drug-likeness (QED) is 0.731. The number of ether oxygens (including phenoxy) is 1. The Morgan fingerprint density at radius 3 is 2.65 bits per heavy atom. The molecule has 0 unspecified atom stereocenters. The SMILES string of the molecule is CCc1ccccc1Oc1cc(Cl)cc(Br)c1. The average Bonchev–Trinajstić information content (AvgIpc) is 2.28. The molecular formula is C14H12BrClO. The maximum atomic E-state index is 5.98. The van der Waals surface area contributed by atoms with Gasteiger partial charge in [0, 0.05) is 9.50 Å². The molecule has 2 aromatic carbocycles. The van der Waals surface area contributed by atoms with E-state index in [1.807, 2.05) is 30.3 Å². The molecular weight excluding hydrogens is 300 g/mol. The molecule has 2 aromatic rings. The molecule has 0 aliphatic carbocycles. The second kappa shape index (κ2) is 5.56. The van der Waals surface area contributed by atoms with Crippen LogP contribution < -0.4 is 4.74 Å². The summed E-state index contributed by atoms with van der Waals surface area (Å²) in [6, 6.07) is 13.5. The summed E-state index contributed by atoms with van der Waals surface area (Å²) < 4.78 is 6.76. The van der Waals surface area contributed by atoms with E-state index in [2.05, 4.69) is 28.9 Å². The van der Waals surface area contributed by atoms with Gasteiger partial charge in [0.05, 0.1) is 0 Å². The Balaban J connectivity index is 2.31. The summed E-state index contributed by atoms with van der Waals surface area (Å²) in [7, 11) is 0. The van der Waals surface area contributed by atoms with Crippen molar-refractivity contribution in [3.63, 3.8) is 0 Å². The van der Waals surface area contributed by atoms with Crippen LogP contribution in [0.1, 0.15) is 12.5 Å². The number of halogens is 2. The van der Waals surface area contributed by atoms with E-state index >= 15 is 0 Å². The third-order valence-corrected chi connectivity index (χ3v) is 3.09. The molecule has 0 spiro atoms. The first-order chi connectivity index (χ1) is 8.19. The summed E-state index contributed by atoms with van der Waals surface area (Å²) in [4.78, 5) is 0. The third-order valence-electron chi connectivity index (χ3n) is 2.42. The van der Waals surface area contributed by atoms with Crippen molar-refractivity contribution < 1.29 is 4.74 Å². The van der Waals surface area contributed by atoms with Gasteiger partial charge in [0.2, 0.25) is 0 Å². The Kier molecular flexibility index (Phi) is 4.08. The molecule has 0 aromatic heterocycles. The Hall–Kier alpha value is -0.990. The monoisotopic (exact) mass is 310 g/mol. The highest BCUT2D eigenvalue weighted by Gasteiger charge is 2.04. The highest BCUT2D eigenvalue weighted by Crippen LogP contribution is 2.30. The normalized spacial score (nSPS) is 10.3. The molecule has 88 valence electrons. The number of benzene rings is 2. The van der Waals surface area contributed by atoms with Crippen LogP contribution >= 0.6 is 27.5 Å². The first kappa shape index (κ1) is 12.5. The van der Waals surface area contributed by atoms with Gasteiger partial charge >= 0.3 is 0 Å². The molecule has 0 N–H and O–H groups in total. The van der Waals surface area contributed by atoms with Crippen LogP contribution in [-0.4, -0.2) is 0 Å². The molecule has 0 aliphatic rings. The molecule has 0 saturated carbocycles. The van der Waals surface area contributed by atoms with Crippen molar-refractivity contribution in [3.8, 4) is 11.5 Å². The van der Waals surface area contributed by atoms with Crippen LogP contribution in [0, 0.1) is 0 Å². The smallest absolute Gasteiger partial charge is 0.130 e. The molecule has 0 amide bonds. The van der Waals surface area contributed by atoms with Crippen molar-refractivity contribution in [2.24, 2.45) is 0 Å². The topological polar surface area (TPSA) is 9.23 Å². The van der Waals surface area contributed by atoms with Gasteiger partial charge in [-0.3, -0.25) is 0 Å². The van der Waals surface area contributed by atoms with Crippen molar-refractivity contribution in [1.82, 2.24) is 0 Å². The van der Waals surface area contributed by atoms with Gasteiger partial charge in [0.1, 0.15) is 11.5 Å². The minimum atomic E-state index is 0.656. The van der Waals surface area contributed by atoms with Crippen LogP contribution in [0.2, 0.25) is 5.02 Å². The van der Waals surface area contributed by atoms with Gasteiger partial charge in [0.15, 0.2) is 0 Å². The second-order valence-corrected chi connectivity index (χ2v) is 5.02. The lowest BCUT2D eigenvalue weighted by atomic mass is 10.1. The van der Waals surface area contributed by atoms with E-state index in [9.17, 15) is 0 Å². The largest absolute Gasteiger partial charge is 0.457 e. The number of rotatable bonds is 3. The Morgan fingerprint density at radius 2 is 1.94 bits per heavy atom. The minimum Gasteiger partial charge on any atom is -0.457 e. The molecule has 0 heterocycles. The van der Waals surface area contributed by atoms with Gasteiger partial charge in [-0.05, 0) is 36.2 Å². The molecule has 0 aliphatic heterocycles. The van der Waals surface area contributed by atoms with Gasteiger partial charge in [0.25, 0.3) is 0 Å².